The third kappa shape index (κ3) is 14.0. The third-order valence-electron chi connectivity index (χ3n) is 8.84. The van der Waals surface area contributed by atoms with Crippen molar-refractivity contribution in [1.82, 2.24) is 15.3 Å². The van der Waals surface area contributed by atoms with Crippen LogP contribution in [0.3, 0.4) is 0 Å². The molecule has 5 atom stereocenters. The highest BCUT2D eigenvalue weighted by molar-refractivity contribution is 7.98. The van der Waals surface area contributed by atoms with Crippen molar-refractivity contribution in [1.29, 1.82) is 5.26 Å². The number of rotatable bonds is 22. The lowest BCUT2D eigenvalue weighted by Crippen LogP contribution is -2.47. The van der Waals surface area contributed by atoms with Crippen LogP contribution in [0.5, 0.6) is 5.75 Å². The number of pyridine rings is 1. The minimum absolute atomic E-state index is 0.0188. The van der Waals surface area contributed by atoms with Crippen LogP contribution < -0.4 is 27.3 Å². The zero-order valence-electron chi connectivity index (χ0n) is 33.2. The highest BCUT2D eigenvalue weighted by Gasteiger charge is 2.24. The smallest absolute Gasteiger partial charge is 0.307 e. The molecule has 2 aromatic carbocycles. The maximum Gasteiger partial charge on any atom is 0.307 e. The number of halogens is 1. The number of oxazole rings is 1. The summed E-state index contributed by atoms with van der Waals surface area (Å²) in [6.07, 6.45) is -2.20. The first kappa shape index (κ1) is 47.6. The van der Waals surface area contributed by atoms with E-state index in [0.29, 0.717) is 22.2 Å². The van der Waals surface area contributed by atoms with Crippen LogP contribution in [-0.2, 0) is 34.4 Å². The lowest BCUT2D eigenvalue weighted by molar-refractivity contribution is -0.161. The average Bonchev–Trinajstić information content (AvgIpc) is 3.72. The van der Waals surface area contributed by atoms with Gasteiger partial charge in [0.2, 0.25) is 17.5 Å². The molecule has 0 radical (unpaired) electrons. The number of aliphatic hydroxyl groups excluding tert-OH is 2. The first-order chi connectivity index (χ1) is 29.1. The van der Waals surface area contributed by atoms with Gasteiger partial charge in [0.1, 0.15) is 48.2 Å². The predicted octanol–water partition coefficient (Wildman–Crippen LogP) is 3.85. The Labute approximate surface area is 360 Å². The molecule has 0 aliphatic rings. The third-order valence-corrected chi connectivity index (χ3v) is 10.1. The average molecular weight is 877 g/mol. The number of nitrogen functional groups attached to an aromatic ring is 1. The van der Waals surface area contributed by atoms with E-state index in [1.807, 2.05) is 0 Å². The van der Waals surface area contributed by atoms with Gasteiger partial charge in [-0.25, -0.2) is 14.8 Å². The Morgan fingerprint density at radius 1 is 0.967 bits per heavy atom. The number of anilines is 1. The number of carbonyl (C=O) groups excluding carboxylic acids is 4. The number of ether oxygens (including phenoxy) is 3. The number of thioether (sulfide) groups is 1. The molecule has 20 heteroatoms. The first-order valence-corrected chi connectivity index (χ1v) is 20.2. The van der Waals surface area contributed by atoms with Crippen LogP contribution in [0.1, 0.15) is 50.8 Å². The van der Waals surface area contributed by atoms with Gasteiger partial charge in [-0.15, -0.1) is 0 Å². The number of amides is 1. The quantitative estimate of drug-likeness (QED) is 0.0371. The summed E-state index contributed by atoms with van der Waals surface area (Å²) in [6.45, 7) is 9.70. The fraction of sp³-hybridized carbons (Fsp3) is 0.366. The lowest BCUT2D eigenvalue weighted by Gasteiger charge is -2.19. The van der Waals surface area contributed by atoms with Crippen LogP contribution in [0.4, 0.5) is 11.5 Å². The number of nitrogens with two attached hydrogens (primary N) is 3. The van der Waals surface area contributed by atoms with Crippen molar-refractivity contribution >= 4 is 58.5 Å². The maximum atomic E-state index is 12.8. The molecule has 9 N–H and O–H groups in total. The number of nitrogens with one attached hydrogen (secondary N) is 1. The number of Topliss-reactive ketones (excluding diaryl/α,β-unsaturated/α-hetero) is 1. The SMILES string of the molecule is [C-]#[N+]c1c(N)nc(SCc2coc(-c3ccc(Cl)cc3)n2)c(C#N)c1-c1ccc(OC[C@@H](COC(=O)CCNC(=O)[C@@H](N)[C@@H](C)O)OC(=O)CCCC(=O)[C@@H](N)[C@@H](C)O)cc1. The fourth-order valence-electron chi connectivity index (χ4n) is 5.41. The topological polar surface area (TPSA) is 294 Å². The Kier molecular flexibility index (Phi) is 18.0. The van der Waals surface area contributed by atoms with Crippen LogP contribution in [0.2, 0.25) is 5.02 Å². The lowest BCUT2D eigenvalue weighted by atomic mass is 10.00. The summed E-state index contributed by atoms with van der Waals surface area (Å²) in [4.78, 5) is 61.8. The summed E-state index contributed by atoms with van der Waals surface area (Å²) in [6, 6.07) is 13.2. The van der Waals surface area contributed by atoms with Crippen molar-refractivity contribution in [3.8, 4) is 34.4 Å². The van der Waals surface area contributed by atoms with Crippen LogP contribution in [0, 0.1) is 17.9 Å². The normalized spacial score (nSPS) is 13.4. The molecule has 0 aliphatic heterocycles. The molecule has 1 amide bonds. The molecule has 0 bridgehead atoms. The largest absolute Gasteiger partial charge is 0.490 e. The molecule has 4 rings (SSSR count). The van der Waals surface area contributed by atoms with E-state index < -0.39 is 60.6 Å². The van der Waals surface area contributed by atoms with E-state index in [4.69, 9.17) is 54.0 Å². The van der Waals surface area contributed by atoms with Gasteiger partial charge in [0.15, 0.2) is 11.9 Å². The number of aromatic nitrogens is 2. The molecule has 322 valence electrons. The van der Waals surface area contributed by atoms with E-state index in [1.165, 1.54) is 31.9 Å². The van der Waals surface area contributed by atoms with Crippen LogP contribution >= 0.6 is 23.4 Å². The molecule has 2 heterocycles. The fourth-order valence-corrected chi connectivity index (χ4v) is 6.41. The molecule has 2 aromatic heterocycles. The molecular formula is C41H45ClN8O10S. The highest BCUT2D eigenvalue weighted by atomic mass is 35.5. The summed E-state index contributed by atoms with van der Waals surface area (Å²) in [5.41, 5.74) is 19.6. The van der Waals surface area contributed by atoms with E-state index >= 15 is 0 Å². The molecule has 0 fully saturated rings. The molecule has 0 spiro atoms. The number of aliphatic hydroxyl groups is 2. The second kappa shape index (κ2) is 23.1. The minimum Gasteiger partial charge on any atom is -0.490 e. The van der Waals surface area contributed by atoms with Crippen molar-refractivity contribution in [2.24, 2.45) is 11.5 Å². The zero-order valence-corrected chi connectivity index (χ0v) is 34.8. The van der Waals surface area contributed by atoms with Gasteiger partial charge < -0.3 is 51.4 Å². The Bertz CT molecular complexity index is 2240. The summed E-state index contributed by atoms with van der Waals surface area (Å²) >= 11 is 7.18. The van der Waals surface area contributed by atoms with Gasteiger partial charge in [0, 0.05) is 41.3 Å². The number of esters is 2. The molecule has 0 unspecified atom stereocenters. The molecule has 0 aliphatic carbocycles. The maximum absolute atomic E-state index is 12.8. The van der Waals surface area contributed by atoms with Crippen molar-refractivity contribution in [3.63, 3.8) is 0 Å². The number of hydrogen-bond donors (Lipinski definition) is 6. The Hall–Kier alpha value is -6.06. The second-order valence-corrected chi connectivity index (χ2v) is 15.0. The summed E-state index contributed by atoms with van der Waals surface area (Å²) in [5, 5.41) is 32.6. The van der Waals surface area contributed by atoms with Gasteiger partial charge in [-0.2, -0.15) is 5.26 Å². The van der Waals surface area contributed by atoms with Crippen molar-refractivity contribution in [3.05, 3.63) is 82.5 Å². The van der Waals surface area contributed by atoms with Gasteiger partial charge in [0.05, 0.1) is 42.5 Å². The van der Waals surface area contributed by atoms with E-state index in [2.05, 4.69) is 26.2 Å². The number of carbonyl (C=O) groups is 4. The van der Waals surface area contributed by atoms with Gasteiger partial charge in [-0.1, -0.05) is 35.5 Å². The van der Waals surface area contributed by atoms with Crippen LogP contribution in [-0.4, -0.2) is 94.0 Å². The number of benzene rings is 2. The molecule has 4 aromatic rings. The Balaban J connectivity index is 1.44. The molecule has 61 heavy (non-hydrogen) atoms. The van der Waals surface area contributed by atoms with Gasteiger partial charge in [-0.05, 0) is 62.2 Å². The zero-order chi connectivity index (χ0) is 44.6. The number of nitrogens with zero attached hydrogens (tertiary/aromatic N) is 4. The van der Waals surface area contributed by atoms with E-state index in [0.717, 1.165) is 5.56 Å². The first-order valence-electron chi connectivity index (χ1n) is 18.8. The summed E-state index contributed by atoms with van der Waals surface area (Å²) in [7, 11) is 0. The van der Waals surface area contributed by atoms with Gasteiger partial charge in [0.25, 0.3) is 0 Å². The summed E-state index contributed by atoms with van der Waals surface area (Å²) in [5.74, 6) is -1.67. The van der Waals surface area contributed by atoms with Crippen LogP contribution in [0.25, 0.3) is 27.4 Å². The predicted molar refractivity (Wildman–Crippen MR) is 224 cm³/mol. The molecule has 0 saturated heterocycles. The summed E-state index contributed by atoms with van der Waals surface area (Å²) < 4.78 is 22.3. The van der Waals surface area contributed by atoms with Gasteiger partial charge in [-0.3, -0.25) is 19.2 Å². The van der Waals surface area contributed by atoms with E-state index in [-0.39, 0.29) is 78.0 Å². The van der Waals surface area contributed by atoms with Crippen molar-refractivity contribution in [2.75, 3.05) is 25.5 Å². The van der Waals surface area contributed by atoms with Crippen molar-refractivity contribution in [2.45, 2.75) is 80.7 Å². The van der Waals surface area contributed by atoms with Crippen LogP contribution in [0.15, 0.2) is 64.2 Å². The molecule has 0 saturated carbocycles. The van der Waals surface area contributed by atoms with E-state index in [9.17, 15) is 34.7 Å². The Morgan fingerprint density at radius 3 is 2.28 bits per heavy atom. The van der Waals surface area contributed by atoms with E-state index in [1.54, 1.807) is 48.5 Å². The monoisotopic (exact) mass is 876 g/mol. The minimum atomic E-state index is -1.18. The molecular weight excluding hydrogens is 832 g/mol. The van der Waals surface area contributed by atoms with Gasteiger partial charge >= 0.3 is 11.9 Å². The number of nitriles is 1. The Morgan fingerprint density at radius 2 is 1.64 bits per heavy atom. The standard InChI is InChI=1S/C41H45ClN8O10S/c1-22(51)35(44)31(53)5-4-6-33(55)60-29(20-58-32(54)15-16-48-39(56)36(45)23(2)52)19-57-28-13-9-24(10-14-28)34-30(17-43)41(50-38(46)37(34)47-3)61-21-27-18-59-40(49-27)25-7-11-26(42)12-8-25/h7-14,18,22-23,29,35-36,51-52H,4-6,15-16,19-21,44-45H2,1-2H3,(H2,46,50)(H,48,56)/t22-,23-,29+,35+,36+/m1/s1. The highest BCUT2D eigenvalue weighted by Crippen LogP contribution is 2.42. The number of ketones is 1. The molecule has 18 nitrogen and oxygen atoms in total. The second-order valence-electron chi connectivity index (χ2n) is 13.6. The van der Waals surface area contributed by atoms with Crippen molar-refractivity contribution < 1.29 is 48.0 Å². The number of hydrogen-bond acceptors (Lipinski definition) is 17.